The molecule has 174 valence electrons. The lowest BCUT2D eigenvalue weighted by Gasteiger charge is -2.17. The van der Waals surface area contributed by atoms with Gasteiger partial charge in [0.25, 0.3) is 5.91 Å². The van der Waals surface area contributed by atoms with Crippen molar-refractivity contribution in [3.63, 3.8) is 0 Å². The second-order valence-corrected chi connectivity index (χ2v) is 7.64. The molecular formula is C24H22N4O6. The summed E-state index contributed by atoms with van der Waals surface area (Å²) in [7, 11) is 1.17. The third-order valence-electron chi connectivity index (χ3n) is 5.20. The number of carboxylic acid groups (broad SMARTS) is 1. The zero-order valence-electron chi connectivity index (χ0n) is 18.6. The summed E-state index contributed by atoms with van der Waals surface area (Å²) >= 11 is 0. The summed E-state index contributed by atoms with van der Waals surface area (Å²) in [6, 6.07) is 8.78. The summed E-state index contributed by atoms with van der Waals surface area (Å²) in [6.45, 7) is 2.94. The van der Waals surface area contributed by atoms with E-state index in [1.54, 1.807) is 25.1 Å². The summed E-state index contributed by atoms with van der Waals surface area (Å²) in [5.74, 6) is -3.69. The molecule has 10 heteroatoms. The van der Waals surface area contributed by atoms with Gasteiger partial charge >= 0.3 is 11.9 Å². The summed E-state index contributed by atoms with van der Waals surface area (Å²) in [5, 5.41) is 20.8. The van der Waals surface area contributed by atoms with Gasteiger partial charge in [0.2, 0.25) is 0 Å². The Morgan fingerprint density at radius 3 is 2.32 bits per heavy atom. The van der Waals surface area contributed by atoms with Crippen LogP contribution >= 0.6 is 0 Å². The third-order valence-corrected chi connectivity index (χ3v) is 5.20. The molecule has 0 fully saturated rings. The van der Waals surface area contributed by atoms with Gasteiger partial charge in [0, 0.05) is 23.0 Å². The van der Waals surface area contributed by atoms with Gasteiger partial charge in [0.05, 0.1) is 40.9 Å². The van der Waals surface area contributed by atoms with E-state index in [4.69, 9.17) is 15.9 Å². The fourth-order valence-corrected chi connectivity index (χ4v) is 3.70. The number of amides is 1. The average Bonchev–Trinajstić information content (AvgIpc) is 2.77. The van der Waals surface area contributed by atoms with Crippen molar-refractivity contribution < 1.29 is 29.0 Å². The van der Waals surface area contributed by atoms with Crippen molar-refractivity contribution in [1.82, 2.24) is 4.98 Å². The number of ether oxygens (including phenoxy) is 1. The van der Waals surface area contributed by atoms with Crippen molar-refractivity contribution in [2.24, 2.45) is 5.73 Å². The number of hydrogen-bond acceptors (Lipinski definition) is 8. The first-order valence-corrected chi connectivity index (χ1v) is 10.0. The summed E-state index contributed by atoms with van der Waals surface area (Å²) in [4.78, 5) is 52.0. The molecule has 0 saturated carbocycles. The highest BCUT2D eigenvalue weighted by Gasteiger charge is 2.21. The topological polar surface area (TPSA) is 173 Å². The van der Waals surface area contributed by atoms with Crippen LogP contribution in [0.4, 0.5) is 11.4 Å². The van der Waals surface area contributed by atoms with Crippen molar-refractivity contribution >= 4 is 51.6 Å². The van der Waals surface area contributed by atoms with Gasteiger partial charge in [-0.3, -0.25) is 14.6 Å². The molecule has 0 radical (unpaired) electrons. The molecule has 2 aromatic carbocycles. The molecule has 0 aliphatic heterocycles. The Morgan fingerprint density at radius 1 is 1.09 bits per heavy atom. The van der Waals surface area contributed by atoms with E-state index in [9.17, 15) is 24.3 Å². The Bertz CT molecular complexity index is 1350. The number of Topliss-reactive ketones (excluding diaryl/α,β-unsaturated/α-hetero) is 1. The average molecular weight is 462 g/mol. The maximum atomic E-state index is 12.1. The van der Waals surface area contributed by atoms with Crippen LogP contribution in [0.1, 0.15) is 56.4 Å². The molecular weight excluding hydrogens is 440 g/mol. The molecule has 5 N–H and O–H groups in total. The number of nitrogens with zero attached hydrogens (tertiary/aromatic N) is 1. The Morgan fingerprint density at radius 2 is 1.76 bits per heavy atom. The van der Waals surface area contributed by atoms with E-state index in [1.165, 1.54) is 38.4 Å². The number of pyridine rings is 1. The number of primary amides is 1. The van der Waals surface area contributed by atoms with E-state index in [0.29, 0.717) is 16.5 Å². The molecule has 34 heavy (non-hydrogen) atoms. The number of rotatable bonds is 8. The summed E-state index contributed by atoms with van der Waals surface area (Å²) < 4.78 is 4.69. The van der Waals surface area contributed by atoms with Crippen LogP contribution in [0, 0.1) is 5.41 Å². The van der Waals surface area contributed by atoms with Crippen molar-refractivity contribution in [3.8, 4) is 0 Å². The van der Waals surface area contributed by atoms with Gasteiger partial charge in [-0.05, 0) is 43.7 Å². The van der Waals surface area contributed by atoms with Crippen LogP contribution in [0.15, 0.2) is 42.6 Å². The highest BCUT2D eigenvalue weighted by atomic mass is 16.5. The predicted molar refractivity (Wildman–Crippen MR) is 125 cm³/mol. The maximum absolute atomic E-state index is 12.1. The van der Waals surface area contributed by atoms with Crippen molar-refractivity contribution in [2.75, 3.05) is 12.4 Å². The number of fused-ring (bicyclic) bond motifs is 1. The minimum atomic E-state index is -1.26. The molecule has 3 rings (SSSR count). The lowest BCUT2D eigenvalue weighted by atomic mass is 9.90. The van der Waals surface area contributed by atoms with E-state index in [2.05, 4.69) is 10.3 Å². The second-order valence-electron chi connectivity index (χ2n) is 7.64. The van der Waals surface area contributed by atoms with Gasteiger partial charge < -0.3 is 26.3 Å². The third kappa shape index (κ3) is 4.75. The SMILES string of the molecule is COC(=O)c1cc(Nc2c(C(N)=O)cnc3cc(C(C(C)=N)C(C)=O)ccc23)cc(C(=O)O)c1. The Balaban J connectivity index is 2.20. The van der Waals surface area contributed by atoms with Crippen LogP contribution in [0.3, 0.4) is 0 Å². The van der Waals surface area contributed by atoms with Gasteiger partial charge in [-0.1, -0.05) is 12.1 Å². The minimum absolute atomic E-state index is 0.00284. The van der Waals surface area contributed by atoms with Crippen LogP contribution in [-0.2, 0) is 9.53 Å². The number of esters is 1. The number of aromatic carboxylic acids is 1. The largest absolute Gasteiger partial charge is 0.478 e. The van der Waals surface area contributed by atoms with E-state index in [-0.39, 0.29) is 39.6 Å². The summed E-state index contributed by atoms with van der Waals surface area (Å²) in [5.41, 5.74) is 7.01. The first-order valence-electron chi connectivity index (χ1n) is 10.0. The van der Waals surface area contributed by atoms with E-state index in [1.807, 2.05) is 0 Å². The number of anilines is 2. The number of methoxy groups -OCH3 is 1. The van der Waals surface area contributed by atoms with Crippen LogP contribution in [-0.4, -0.2) is 46.5 Å². The number of aromatic nitrogens is 1. The molecule has 0 spiro atoms. The van der Waals surface area contributed by atoms with Gasteiger partial charge in [0.15, 0.2) is 0 Å². The number of benzene rings is 2. The van der Waals surface area contributed by atoms with E-state index < -0.39 is 23.8 Å². The van der Waals surface area contributed by atoms with Gasteiger partial charge in [-0.15, -0.1) is 0 Å². The zero-order chi connectivity index (χ0) is 25.2. The first kappa shape index (κ1) is 24.1. The standard InChI is InChI=1S/C24H22N4O6/c1-11(25)20(12(2)29)13-4-5-17-19(9-13)27-10-18(22(26)30)21(17)28-16-7-14(23(31)32)6-15(8-16)24(33)34-3/h4-10,20,25H,1-3H3,(H2,26,30)(H,27,28)(H,31,32). The number of hydrogen-bond donors (Lipinski definition) is 4. The minimum Gasteiger partial charge on any atom is -0.478 e. The van der Waals surface area contributed by atoms with Gasteiger partial charge in [0.1, 0.15) is 5.78 Å². The van der Waals surface area contributed by atoms with Crippen LogP contribution in [0.5, 0.6) is 0 Å². The van der Waals surface area contributed by atoms with Crippen LogP contribution in [0.25, 0.3) is 10.9 Å². The molecule has 0 saturated heterocycles. The highest BCUT2D eigenvalue weighted by Crippen LogP contribution is 2.32. The molecule has 10 nitrogen and oxygen atoms in total. The Hall–Kier alpha value is -4.60. The quantitative estimate of drug-likeness (QED) is 0.291. The maximum Gasteiger partial charge on any atom is 0.337 e. The molecule has 1 aromatic heterocycles. The number of carbonyl (C=O) groups excluding carboxylic acids is 3. The Kier molecular flexibility index (Phi) is 6.71. The second kappa shape index (κ2) is 9.49. The van der Waals surface area contributed by atoms with Crippen LogP contribution in [0.2, 0.25) is 0 Å². The number of nitrogens with two attached hydrogens (primary N) is 1. The van der Waals surface area contributed by atoms with E-state index >= 15 is 0 Å². The lowest BCUT2D eigenvalue weighted by Crippen LogP contribution is -2.17. The monoisotopic (exact) mass is 462 g/mol. The van der Waals surface area contributed by atoms with Crippen molar-refractivity contribution in [2.45, 2.75) is 19.8 Å². The molecule has 1 heterocycles. The number of carboxylic acids is 1. The number of ketones is 1. The van der Waals surface area contributed by atoms with Gasteiger partial charge in [-0.2, -0.15) is 0 Å². The molecule has 3 aromatic rings. The first-order chi connectivity index (χ1) is 16.0. The molecule has 0 aliphatic rings. The fraction of sp³-hybridized carbons (Fsp3) is 0.167. The molecule has 1 unspecified atom stereocenters. The molecule has 0 aliphatic carbocycles. The summed E-state index contributed by atoms with van der Waals surface area (Å²) in [6.07, 6.45) is 1.26. The molecule has 1 atom stereocenters. The van der Waals surface area contributed by atoms with Crippen molar-refractivity contribution in [1.29, 1.82) is 5.41 Å². The van der Waals surface area contributed by atoms with Crippen molar-refractivity contribution in [3.05, 3.63) is 64.8 Å². The van der Waals surface area contributed by atoms with E-state index in [0.717, 1.165) is 0 Å². The highest BCUT2D eigenvalue weighted by molar-refractivity contribution is 6.10. The molecule has 1 amide bonds. The Labute approximate surface area is 194 Å². The number of carbonyl (C=O) groups is 4. The molecule has 0 bridgehead atoms. The van der Waals surface area contributed by atoms with Gasteiger partial charge in [-0.25, -0.2) is 9.59 Å². The zero-order valence-corrected chi connectivity index (χ0v) is 18.6. The number of nitrogens with one attached hydrogen (secondary N) is 2. The normalized spacial score (nSPS) is 11.5. The predicted octanol–water partition coefficient (Wildman–Crippen LogP) is 3.27. The smallest absolute Gasteiger partial charge is 0.337 e. The lowest BCUT2D eigenvalue weighted by molar-refractivity contribution is -0.117. The fourth-order valence-electron chi connectivity index (χ4n) is 3.70. The van der Waals surface area contributed by atoms with Crippen LogP contribution < -0.4 is 11.1 Å².